The second kappa shape index (κ2) is 15.2. The molecule has 322 valence electrons. The molecular weight excluding hydrogens is 789 g/mol. The second-order valence-electron chi connectivity index (χ2n) is 17.9. The third kappa shape index (κ3) is 7.38. The third-order valence-corrected chi connectivity index (χ3v) is 15.6. The molecule has 0 radical (unpaired) electrons. The van der Waals surface area contributed by atoms with Gasteiger partial charge >= 0.3 is 12.1 Å². The van der Waals surface area contributed by atoms with Gasteiger partial charge in [-0.15, -0.1) is 0 Å². The number of sulfonamides is 1. The molecule has 1 saturated heterocycles. The van der Waals surface area contributed by atoms with Gasteiger partial charge in [0.15, 0.2) is 5.60 Å². The SMILES string of the molecule is CCC(C)N(C(=O)O)[C@@H]1C(=O)N2[C@@H](C[C@@](C)(Oc3nccc4c5c(ccc34)CCCO5)C2(F)F)C(=O)N[C@]2(C(=O)NS(=O)(=O)C3(C)CC3)C[C@H]2/C=C\CC[C@@H](C)C[C@H]1C. The molecule has 2 aromatic rings. The summed E-state index contributed by atoms with van der Waals surface area (Å²) in [5.74, 6) is -4.56. The van der Waals surface area contributed by atoms with Crippen molar-refractivity contribution in [1.82, 2.24) is 24.8 Å². The van der Waals surface area contributed by atoms with E-state index in [1.165, 1.54) is 13.1 Å². The van der Waals surface area contributed by atoms with Crippen molar-refractivity contribution in [2.24, 2.45) is 17.8 Å². The molecule has 4 amide bonds. The minimum atomic E-state index is -4.26. The molecule has 14 nitrogen and oxygen atoms in total. The minimum Gasteiger partial charge on any atom is -0.493 e. The van der Waals surface area contributed by atoms with Crippen molar-refractivity contribution in [3.8, 4) is 11.6 Å². The summed E-state index contributed by atoms with van der Waals surface area (Å²) >= 11 is 0. The molecule has 0 bridgehead atoms. The molecule has 3 aliphatic heterocycles. The van der Waals surface area contributed by atoms with E-state index in [2.05, 4.69) is 15.0 Å². The van der Waals surface area contributed by atoms with Gasteiger partial charge in [-0.3, -0.25) is 28.9 Å². The molecule has 8 atom stereocenters. The number of aryl methyl sites for hydroxylation is 1. The van der Waals surface area contributed by atoms with E-state index in [1.807, 2.05) is 19.1 Å². The number of amides is 4. The lowest BCUT2D eigenvalue weighted by atomic mass is 9.86. The Bertz CT molecular complexity index is 2180. The maximum Gasteiger partial charge on any atom is 0.408 e. The van der Waals surface area contributed by atoms with Crippen LogP contribution in [0.1, 0.15) is 105 Å². The Morgan fingerprint density at radius 3 is 2.56 bits per heavy atom. The summed E-state index contributed by atoms with van der Waals surface area (Å²) in [5.41, 5.74) is -3.51. The molecule has 2 saturated carbocycles. The molecule has 1 aromatic carbocycles. The lowest BCUT2D eigenvalue weighted by Crippen LogP contribution is -2.64. The summed E-state index contributed by atoms with van der Waals surface area (Å²) in [6, 6.07) is -3.45. The van der Waals surface area contributed by atoms with E-state index in [9.17, 15) is 27.9 Å². The predicted molar refractivity (Wildman–Crippen MR) is 213 cm³/mol. The van der Waals surface area contributed by atoms with Gasteiger partial charge in [0.25, 0.3) is 11.8 Å². The van der Waals surface area contributed by atoms with Crippen molar-refractivity contribution < 1.29 is 51.0 Å². The first-order valence-electron chi connectivity index (χ1n) is 20.7. The highest BCUT2D eigenvalue weighted by Crippen LogP contribution is 2.52. The van der Waals surface area contributed by atoms with Crippen LogP contribution in [0, 0.1) is 17.8 Å². The summed E-state index contributed by atoms with van der Waals surface area (Å²) in [6.07, 6.45) is 6.63. The minimum absolute atomic E-state index is 0.0134. The molecule has 5 aliphatic rings. The molecule has 3 fully saturated rings. The molecule has 0 spiro atoms. The Labute approximate surface area is 343 Å². The number of hydrogen-bond donors (Lipinski definition) is 3. The van der Waals surface area contributed by atoms with Gasteiger partial charge < -0.3 is 19.9 Å². The fraction of sp³-hybridized carbons (Fsp3) is 0.643. The molecule has 17 heteroatoms. The summed E-state index contributed by atoms with van der Waals surface area (Å²) < 4.78 is 75.1. The highest BCUT2D eigenvalue weighted by atomic mass is 32.2. The zero-order chi connectivity index (χ0) is 42.9. The number of aromatic nitrogens is 1. The van der Waals surface area contributed by atoms with Crippen LogP contribution in [0.15, 0.2) is 36.5 Å². The zero-order valence-corrected chi connectivity index (χ0v) is 35.2. The smallest absolute Gasteiger partial charge is 0.408 e. The summed E-state index contributed by atoms with van der Waals surface area (Å²) in [7, 11) is -4.16. The van der Waals surface area contributed by atoms with Gasteiger partial charge in [0.1, 0.15) is 23.4 Å². The Hall–Kier alpha value is -4.54. The average Bonchev–Trinajstić information content (AvgIpc) is 4.09. The van der Waals surface area contributed by atoms with Crippen LogP contribution < -0.4 is 19.5 Å². The van der Waals surface area contributed by atoms with Gasteiger partial charge in [0, 0.05) is 35.3 Å². The van der Waals surface area contributed by atoms with Crippen molar-refractivity contribution >= 4 is 44.6 Å². The topological polar surface area (TPSA) is 185 Å². The number of nitrogens with zero attached hydrogens (tertiary/aromatic N) is 3. The summed E-state index contributed by atoms with van der Waals surface area (Å²) in [6.45, 7) is 9.96. The number of hydrogen-bond acceptors (Lipinski definition) is 9. The molecule has 3 N–H and O–H groups in total. The monoisotopic (exact) mass is 843 g/mol. The molecular formula is C42H55F2N5O9S. The van der Waals surface area contributed by atoms with Crippen LogP contribution in [0.4, 0.5) is 13.6 Å². The number of alkyl halides is 2. The molecule has 1 unspecified atom stereocenters. The zero-order valence-electron chi connectivity index (χ0n) is 34.4. The Morgan fingerprint density at radius 2 is 1.88 bits per heavy atom. The largest absolute Gasteiger partial charge is 0.493 e. The molecule has 4 heterocycles. The van der Waals surface area contributed by atoms with Crippen LogP contribution in [0.25, 0.3) is 10.8 Å². The summed E-state index contributed by atoms with van der Waals surface area (Å²) in [5, 5.41) is 14.2. The maximum absolute atomic E-state index is 17.7. The van der Waals surface area contributed by atoms with Crippen molar-refractivity contribution in [2.45, 2.75) is 146 Å². The molecule has 1 aromatic heterocycles. The Kier molecular flexibility index (Phi) is 11.0. The van der Waals surface area contributed by atoms with E-state index >= 15 is 13.6 Å². The predicted octanol–water partition coefficient (Wildman–Crippen LogP) is 5.92. The van der Waals surface area contributed by atoms with Crippen molar-refractivity contribution in [3.05, 3.63) is 42.1 Å². The number of halogens is 2. The van der Waals surface area contributed by atoms with Gasteiger partial charge in [-0.25, -0.2) is 18.2 Å². The van der Waals surface area contributed by atoms with Crippen molar-refractivity contribution in [2.75, 3.05) is 6.61 Å². The van der Waals surface area contributed by atoms with E-state index < -0.39 is 92.2 Å². The number of ether oxygens (including phenoxy) is 2. The van der Waals surface area contributed by atoms with Crippen LogP contribution in [0.2, 0.25) is 0 Å². The normalized spacial score (nSPS) is 32.4. The van der Waals surface area contributed by atoms with Gasteiger partial charge in [0.05, 0.1) is 11.4 Å². The second-order valence-corrected chi connectivity index (χ2v) is 20.1. The number of pyridine rings is 1. The maximum atomic E-state index is 17.7. The number of allylic oxidation sites excluding steroid dienone is 1. The van der Waals surface area contributed by atoms with Crippen LogP contribution in [-0.2, 0) is 30.8 Å². The summed E-state index contributed by atoms with van der Waals surface area (Å²) in [4.78, 5) is 62.2. The number of fused-ring (bicyclic) bond motifs is 5. The lowest BCUT2D eigenvalue weighted by Gasteiger charge is -2.42. The Balaban J connectivity index is 1.34. The number of carbonyl (C=O) groups excluding carboxylic acids is 3. The van der Waals surface area contributed by atoms with Crippen LogP contribution >= 0.6 is 0 Å². The van der Waals surface area contributed by atoms with Crippen LogP contribution in [0.3, 0.4) is 0 Å². The number of carbonyl (C=O) groups is 4. The Morgan fingerprint density at radius 1 is 1.15 bits per heavy atom. The molecule has 59 heavy (non-hydrogen) atoms. The average molecular weight is 844 g/mol. The van der Waals surface area contributed by atoms with E-state index in [-0.39, 0.29) is 29.5 Å². The van der Waals surface area contributed by atoms with Gasteiger partial charge in [-0.2, -0.15) is 8.78 Å². The van der Waals surface area contributed by atoms with Crippen LogP contribution in [0.5, 0.6) is 11.6 Å². The van der Waals surface area contributed by atoms with E-state index in [0.717, 1.165) is 30.2 Å². The first-order chi connectivity index (χ1) is 27.7. The van der Waals surface area contributed by atoms with Gasteiger partial charge in [-0.1, -0.05) is 39.0 Å². The first kappa shape index (κ1) is 42.6. The van der Waals surface area contributed by atoms with E-state index in [4.69, 9.17) is 9.47 Å². The number of rotatable bonds is 8. The number of carboxylic acid groups (broad SMARTS) is 1. The molecule has 2 aliphatic carbocycles. The first-order valence-corrected chi connectivity index (χ1v) is 22.2. The lowest BCUT2D eigenvalue weighted by molar-refractivity contribution is -0.219. The molecule has 7 rings (SSSR count). The van der Waals surface area contributed by atoms with Crippen molar-refractivity contribution in [3.63, 3.8) is 0 Å². The van der Waals surface area contributed by atoms with Gasteiger partial charge in [-0.05, 0) is 108 Å². The van der Waals surface area contributed by atoms with Crippen LogP contribution in [-0.4, -0.2) is 98.8 Å². The fourth-order valence-corrected chi connectivity index (χ4v) is 10.4. The van der Waals surface area contributed by atoms with Gasteiger partial charge in [0.2, 0.25) is 21.8 Å². The third-order valence-electron chi connectivity index (χ3n) is 13.4. The highest BCUT2D eigenvalue weighted by molar-refractivity contribution is 7.91. The van der Waals surface area contributed by atoms with E-state index in [1.54, 1.807) is 39.0 Å². The number of nitrogens with one attached hydrogen (secondary N) is 2. The van der Waals surface area contributed by atoms with E-state index in [0.29, 0.717) is 55.2 Å². The fourth-order valence-electron chi connectivity index (χ4n) is 9.13. The standard InChI is InChI=1S/C42H55F2N5O9S/c1-7-26(4)48(38(53)54)32-25(3)21-24(2)11-8-9-13-28-22-41(28,37(52)47-59(55,56)39(5)17-18-39)46-34(50)31-23-40(6,42(43,44)49(31)36(32)51)58-35-30-15-14-27-12-10-20-57-33(27)29(30)16-19-45-35/h9,13-16,19,24-26,28,31-32H,7-8,10-12,17-18,20-23H2,1-6H3,(H,46,50)(H,47,52)(H,53,54)/b13-9-/t24-,25-,26?,28-,31+,32+,40-,41-/m1/s1. The highest BCUT2D eigenvalue weighted by Gasteiger charge is 2.71. The number of benzene rings is 1. The quantitative estimate of drug-likeness (QED) is 0.213. The van der Waals surface area contributed by atoms with Crippen molar-refractivity contribution in [1.29, 1.82) is 0 Å².